The monoisotopic (exact) mass is 370 g/mol. The molecule has 136 valence electrons. The summed E-state index contributed by atoms with van der Waals surface area (Å²) in [7, 11) is 0. The number of nitrogens with zero attached hydrogens (tertiary/aromatic N) is 2. The van der Waals surface area contributed by atoms with Crippen LogP contribution in [-0.2, 0) is 9.53 Å². The fourth-order valence-electron chi connectivity index (χ4n) is 2.93. The Bertz CT molecular complexity index is 1190. The van der Waals surface area contributed by atoms with Crippen LogP contribution in [-0.4, -0.2) is 16.8 Å². The molecule has 0 N–H and O–H groups in total. The van der Waals surface area contributed by atoms with Gasteiger partial charge in [0.1, 0.15) is 0 Å². The molecule has 0 saturated carbocycles. The topological polar surface area (TPSA) is 81.8 Å². The number of hydrogen-bond donors (Lipinski definition) is 0. The van der Waals surface area contributed by atoms with Gasteiger partial charge in [-0.3, -0.25) is 10.1 Å². The number of ether oxygens (including phenoxy) is 1. The fourth-order valence-corrected chi connectivity index (χ4v) is 2.93. The van der Waals surface area contributed by atoms with Gasteiger partial charge in [0.05, 0.1) is 4.92 Å². The molecule has 1 heterocycles. The molecule has 0 spiro atoms. The number of hydrogen-bond acceptors (Lipinski definition) is 5. The number of nitro benzene ring substituents is 1. The zero-order chi connectivity index (χ0) is 19.5. The second-order valence-corrected chi connectivity index (χ2v) is 6.12. The van der Waals surface area contributed by atoms with Gasteiger partial charge in [0, 0.05) is 18.2 Å². The number of carbonyl (C=O) groups excluding carboxylic acids is 1. The summed E-state index contributed by atoms with van der Waals surface area (Å²) in [6.07, 6.45) is 4.82. The van der Waals surface area contributed by atoms with Crippen molar-refractivity contribution in [1.29, 1.82) is 0 Å². The molecule has 0 aromatic heterocycles. The first-order chi connectivity index (χ1) is 13.6. The Hall–Kier alpha value is -4.06. The highest BCUT2D eigenvalue weighted by Gasteiger charge is 2.21. The van der Waals surface area contributed by atoms with Gasteiger partial charge in [0.2, 0.25) is 5.90 Å². The lowest BCUT2D eigenvalue weighted by Gasteiger charge is -2.01. The van der Waals surface area contributed by atoms with E-state index in [-0.39, 0.29) is 17.3 Å². The van der Waals surface area contributed by atoms with E-state index in [1.54, 1.807) is 24.3 Å². The first-order valence-corrected chi connectivity index (χ1v) is 8.53. The maximum absolute atomic E-state index is 12.2. The van der Waals surface area contributed by atoms with Crippen LogP contribution in [0.3, 0.4) is 0 Å². The quantitative estimate of drug-likeness (QED) is 0.287. The predicted molar refractivity (Wildman–Crippen MR) is 108 cm³/mol. The average molecular weight is 370 g/mol. The van der Waals surface area contributed by atoms with Gasteiger partial charge in [0.15, 0.2) is 5.70 Å². The summed E-state index contributed by atoms with van der Waals surface area (Å²) in [6, 6.07) is 19.9. The van der Waals surface area contributed by atoms with Crippen molar-refractivity contribution < 1.29 is 14.5 Å². The Morgan fingerprint density at radius 1 is 0.964 bits per heavy atom. The largest absolute Gasteiger partial charge is 0.403 e. The molecule has 0 atom stereocenters. The molecule has 6 heteroatoms. The van der Waals surface area contributed by atoms with Crippen LogP contribution in [0.15, 0.2) is 83.5 Å². The Morgan fingerprint density at radius 3 is 2.61 bits per heavy atom. The summed E-state index contributed by atoms with van der Waals surface area (Å²) in [6.45, 7) is 0. The van der Waals surface area contributed by atoms with E-state index in [0.29, 0.717) is 5.56 Å². The van der Waals surface area contributed by atoms with E-state index in [9.17, 15) is 14.9 Å². The second-order valence-electron chi connectivity index (χ2n) is 6.12. The second kappa shape index (κ2) is 7.28. The summed E-state index contributed by atoms with van der Waals surface area (Å²) in [5.41, 5.74) is 1.68. The zero-order valence-corrected chi connectivity index (χ0v) is 14.6. The lowest BCUT2D eigenvalue weighted by Crippen LogP contribution is -2.01. The molecule has 0 saturated heterocycles. The van der Waals surface area contributed by atoms with Crippen LogP contribution >= 0.6 is 0 Å². The molecule has 0 amide bonds. The van der Waals surface area contributed by atoms with Crippen molar-refractivity contribution in [3.05, 3.63) is 99.7 Å². The molecule has 6 nitrogen and oxygen atoms in total. The minimum atomic E-state index is -0.536. The van der Waals surface area contributed by atoms with Crippen molar-refractivity contribution in [3.8, 4) is 0 Å². The summed E-state index contributed by atoms with van der Waals surface area (Å²) < 4.78 is 5.18. The number of esters is 1. The van der Waals surface area contributed by atoms with Gasteiger partial charge in [-0.2, -0.15) is 0 Å². The molecule has 4 rings (SSSR count). The van der Waals surface area contributed by atoms with Crippen LogP contribution in [0, 0.1) is 10.1 Å². The van der Waals surface area contributed by atoms with Crippen LogP contribution in [0.2, 0.25) is 0 Å². The van der Waals surface area contributed by atoms with Crippen molar-refractivity contribution in [2.75, 3.05) is 0 Å². The highest BCUT2D eigenvalue weighted by molar-refractivity contribution is 6.12. The van der Waals surface area contributed by atoms with Gasteiger partial charge in [-0.05, 0) is 34.1 Å². The number of carbonyl (C=O) groups is 1. The van der Waals surface area contributed by atoms with E-state index in [1.165, 1.54) is 18.2 Å². The molecule has 1 aliphatic rings. The third kappa shape index (κ3) is 3.57. The summed E-state index contributed by atoms with van der Waals surface area (Å²) in [5, 5.41) is 12.9. The predicted octanol–water partition coefficient (Wildman–Crippen LogP) is 4.76. The molecule has 0 aliphatic carbocycles. The van der Waals surface area contributed by atoms with Crippen molar-refractivity contribution in [2.24, 2.45) is 4.99 Å². The first kappa shape index (κ1) is 17.4. The maximum Gasteiger partial charge on any atom is 0.363 e. The third-order valence-electron chi connectivity index (χ3n) is 4.25. The maximum atomic E-state index is 12.2. The van der Waals surface area contributed by atoms with Gasteiger partial charge in [-0.25, -0.2) is 9.79 Å². The van der Waals surface area contributed by atoms with Crippen LogP contribution in [0.1, 0.15) is 11.1 Å². The number of nitro groups is 1. The van der Waals surface area contributed by atoms with E-state index < -0.39 is 10.9 Å². The Kier molecular flexibility index (Phi) is 4.51. The molecule has 28 heavy (non-hydrogen) atoms. The average Bonchev–Trinajstić information content (AvgIpc) is 3.06. The van der Waals surface area contributed by atoms with Crippen molar-refractivity contribution >= 4 is 40.5 Å². The number of cyclic esters (lactones) is 1. The zero-order valence-electron chi connectivity index (χ0n) is 14.6. The normalized spacial score (nSPS) is 15.2. The van der Waals surface area contributed by atoms with E-state index >= 15 is 0 Å². The van der Waals surface area contributed by atoms with Gasteiger partial charge >= 0.3 is 5.97 Å². The van der Waals surface area contributed by atoms with Gasteiger partial charge in [-0.1, -0.05) is 54.6 Å². The van der Waals surface area contributed by atoms with E-state index in [2.05, 4.69) is 4.99 Å². The number of rotatable bonds is 4. The van der Waals surface area contributed by atoms with Crippen LogP contribution in [0.25, 0.3) is 22.9 Å². The lowest BCUT2D eigenvalue weighted by atomic mass is 10.0. The molecule has 0 fully saturated rings. The first-order valence-electron chi connectivity index (χ1n) is 8.53. The Balaban J connectivity index is 1.62. The van der Waals surface area contributed by atoms with Crippen molar-refractivity contribution in [3.63, 3.8) is 0 Å². The number of aliphatic imine (C=N–C) groups is 1. The minimum Gasteiger partial charge on any atom is -0.403 e. The highest BCUT2D eigenvalue weighted by Crippen LogP contribution is 2.23. The van der Waals surface area contributed by atoms with Gasteiger partial charge in [-0.15, -0.1) is 0 Å². The molecule has 0 bridgehead atoms. The molecule has 1 aliphatic heterocycles. The number of non-ortho nitro benzene ring substituents is 1. The molecule has 0 radical (unpaired) electrons. The molecule has 0 unspecified atom stereocenters. The molecule has 3 aromatic rings. The SMILES string of the molecule is O=C1OC(/C=C/c2cccc([N+](=O)[O-])c2)=NC/1=C\c1cccc2ccccc12. The van der Waals surface area contributed by atoms with E-state index in [4.69, 9.17) is 4.74 Å². The standard InChI is InChI=1S/C22H14N2O4/c25-22-20(14-17-8-4-7-16-6-1-2-10-19(16)17)23-21(28-22)12-11-15-5-3-9-18(13-15)24(26)27/h1-14H/b12-11+,20-14-. The van der Waals surface area contributed by atoms with Crippen LogP contribution in [0.4, 0.5) is 5.69 Å². The number of fused-ring (bicyclic) bond motifs is 1. The smallest absolute Gasteiger partial charge is 0.363 e. The summed E-state index contributed by atoms with van der Waals surface area (Å²) in [4.78, 5) is 26.8. The van der Waals surface area contributed by atoms with Crippen molar-refractivity contribution in [2.45, 2.75) is 0 Å². The van der Waals surface area contributed by atoms with Gasteiger partial charge < -0.3 is 4.74 Å². The van der Waals surface area contributed by atoms with Crippen molar-refractivity contribution in [1.82, 2.24) is 0 Å². The molecular weight excluding hydrogens is 356 g/mol. The van der Waals surface area contributed by atoms with E-state index in [1.807, 2.05) is 42.5 Å². The van der Waals surface area contributed by atoms with Gasteiger partial charge in [0.25, 0.3) is 5.69 Å². The third-order valence-corrected chi connectivity index (χ3v) is 4.25. The van der Waals surface area contributed by atoms with E-state index in [0.717, 1.165) is 16.3 Å². The Morgan fingerprint density at radius 2 is 1.75 bits per heavy atom. The Labute approximate surface area is 160 Å². The minimum absolute atomic E-state index is 0.0101. The highest BCUT2D eigenvalue weighted by atomic mass is 16.6. The lowest BCUT2D eigenvalue weighted by molar-refractivity contribution is -0.384. The summed E-state index contributed by atoms with van der Waals surface area (Å²) >= 11 is 0. The molecular formula is C22H14N2O4. The fraction of sp³-hybridized carbons (Fsp3) is 0. The van der Waals surface area contributed by atoms with Crippen LogP contribution in [0.5, 0.6) is 0 Å². The van der Waals surface area contributed by atoms with Crippen LogP contribution < -0.4 is 0 Å². The molecule has 3 aromatic carbocycles. The number of benzene rings is 3. The summed E-state index contributed by atoms with van der Waals surface area (Å²) in [5.74, 6) is -0.394.